The molecular weight excluding hydrogens is 198 g/mol. The quantitative estimate of drug-likeness (QED) is 0.633. The average Bonchev–Trinajstić information content (AvgIpc) is 1.98. The van der Waals surface area contributed by atoms with Crippen LogP contribution in [0.1, 0.15) is 26.2 Å². The summed E-state index contributed by atoms with van der Waals surface area (Å²) in [6, 6.07) is 0.174. The maximum absolute atomic E-state index is 11.0. The van der Waals surface area contributed by atoms with E-state index in [1.165, 1.54) is 0 Å². The van der Waals surface area contributed by atoms with Crippen LogP contribution in [0.25, 0.3) is 0 Å². The number of amides is 1. The molecule has 0 aromatic heterocycles. The zero-order valence-electron chi connectivity index (χ0n) is 8.40. The van der Waals surface area contributed by atoms with Crippen LogP contribution in [-0.4, -0.2) is 34.4 Å². The number of rotatable bonds is 5. The molecule has 0 spiro atoms. The second-order valence-corrected chi connectivity index (χ2v) is 4.20. The smallest absolute Gasteiger partial charge is 0.234 e. The lowest BCUT2D eigenvalue weighted by atomic mass is 9.96. The first-order chi connectivity index (χ1) is 6.56. The summed E-state index contributed by atoms with van der Waals surface area (Å²) in [5.74, 6) is -0.238. The third-order valence-electron chi connectivity index (χ3n) is 2.77. The van der Waals surface area contributed by atoms with E-state index in [-0.39, 0.29) is 18.0 Å². The molecule has 1 fully saturated rings. The summed E-state index contributed by atoms with van der Waals surface area (Å²) in [5, 5.41) is 0. The largest absolute Gasteiger partial charge is 0.393 e. The van der Waals surface area contributed by atoms with E-state index in [1.54, 1.807) is 0 Å². The maximum Gasteiger partial charge on any atom is 0.234 e. The van der Waals surface area contributed by atoms with E-state index in [4.69, 9.17) is 23.7 Å². The number of nitrogens with two attached hydrogens (primary N) is 2. The Balaban J connectivity index is 2.53. The van der Waals surface area contributed by atoms with Crippen LogP contribution in [-0.2, 0) is 4.79 Å². The summed E-state index contributed by atoms with van der Waals surface area (Å²) in [4.78, 5) is 13.6. The molecule has 0 saturated carbocycles. The van der Waals surface area contributed by atoms with Gasteiger partial charge in [-0.3, -0.25) is 9.69 Å². The number of hydrogen-bond acceptors (Lipinski definition) is 3. The highest BCUT2D eigenvalue weighted by atomic mass is 32.1. The fourth-order valence-corrected chi connectivity index (χ4v) is 2.07. The van der Waals surface area contributed by atoms with Gasteiger partial charge in [-0.15, -0.1) is 0 Å². The van der Waals surface area contributed by atoms with Gasteiger partial charge in [-0.25, -0.2) is 0 Å². The number of primary amides is 1. The number of hydrogen-bond donors (Lipinski definition) is 2. The lowest BCUT2D eigenvalue weighted by molar-refractivity contribution is -0.129. The van der Waals surface area contributed by atoms with E-state index in [2.05, 4.69) is 11.8 Å². The molecule has 1 heterocycles. The SMILES string of the molecule is CCC(CC(N)=S)N1CCC1C(N)=O. The molecule has 4 N–H and O–H groups in total. The van der Waals surface area contributed by atoms with Crippen molar-refractivity contribution in [1.29, 1.82) is 0 Å². The first-order valence-corrected chi connectivity index (χ1v) is 5.30. The van der Waals surface area contributed by atoms with Crippen LogP contribution in [0.15, 0.2) is 0 Å². The molecule has 1 rings (SSSR count). The van der Waals surface area contributed by atoms with Gasteiger partial charge in [-0.2, -0.15) is 0 Å². The second-order valence-electron chi connectivity index (χ2n) is 3.68. The number of thiocarbonyl (C=S) groups is 1. The lowest BCUT2D eigenvalue weighted by Gasteiger charge is -2.44. The van der Waals surface area contributed by atoms with Crippen molar-refractivity contribution in [3.05, 3.63) is 0 Å². The van der Waals surface area contributed by atoms with Gasteiger partial charge in [-0.1, -0.05) is 19.1 Å². The van der Waals surface area contributed by atoms with Crippen molar-refractivity contribution in [1.82, 2.24) is 4.90 Å². The molecule has 1 aliphatic heterocycles. The van der Waals surface area contributed by atoms with Crippen molar-refractivity contribution in [2.75, 3.05) is 6.54 Å². The van der Waals surface area contributed by atoms with E-state index in [9.17, 15) is 4.79 Å². The Hall–Kier alpha value is -0.680. The highest BCUT2D eigenvalue weighted by Gasteiger charge is 2.36. The summed E-state index contributed by atoms with van der Waals surface area (Å²) < 4.78 is 0. The van der Waals surface area contributed by atoms with E-state index in [0.717, 1.165) is 19.4 Å². The fourth-order valence-electron chi connectivity index (χ4n) is 1.88. The van der Waals surface area contributed by atoms with Gasteiger partial charge in [-0.05, 0) is 12.8 Å². The Labute approximate surface area is 89.6 Å². The van der Waals surface area contributed by atoms with Crippen LogP contribution < -0.4 is 11.5 Å². The molecule has 0 aliphatic carbocycles. The van der Waals surface area contributed by atoms with E-state index in [0.29, 0.717) is 11.4 Å². The molecule has 0 aromatic rings. The molecular formula is C9H17N3OS. The fraction of sp³-hybridized carbons (Fsp3) is 0.778. The predicted octanol–water partition coefficient (Wildman–Crippen LogP) is 0.000800. The number of likely N-dealkylation sites (tertiary alicyclic amines) is 1. The summed E-state index contributed by atoms with van der Waals surface area (Å²) >= 11 is 4.87. The molecule has 4 nitrogen and oxygen atoms in total. The van der Waals surface area contributed by atoms with Gasteiger partial charge in [0.15, 0.2) is 0 Å². The van der Waals surface area contributed by atoms with E-state index in [1.807, 2.05) is 0 Å². The summed E-state index contributed by atoms with van der Waals surface area (Å²) in [7, 11) is 0. The molecule has 80 valence electrons. The first kappa shape index (κ1) is 11.4. The molecule has 1 aliphatic rings. The second kappa shape index (κ2) is 4.70. The monoisotopic (exact) mass is 215 g/mol. The molecule has 14 heavy (non-hydrogen) atoms. The van der Waals surface area contributed by atoms with Gasteiger partial charge in [0.2, 0.25) is 5.91 Å². The molecule has 0 radical (unpaired) electrons. The van der Waals surface area contributed by atoms with Gasteiger partial charge in [0.05, 0.1) is 11.0 Å². The minimum Gasteiger partial charge on any atom is -0.393 e. The molecule has 1 amide bonds. The number of carbonyl (C=O) groups excluding carboxylic acids is 1. The van der Waals surface area contributed by atoms with Gasteiger partial charge >= 0.3 is 0 Å². The van der Waals surface area contributed by atoms with Crippen molar-refractivity contribution < 1.29 is 4.79 Å². The standard InChI is InChI=1S/C9H17N3OS/c1-2-6(5-8(10)14)12-4-3-7(12)9(11)13/h6-7H,2-5H2,1H3,(H2,10,14)(H2,11,13). The maximum atomic E-state index is 11.0. The zero-order valence-corrected chi connectivity index (χ0v) is 9.22. The van der Waals surface area contributed by atoms with Gasteiger partial charge in [0.25, 0.3) is 0 Å². The molecule has 2 atom stereocenters. The third kappa shape index (κ3) is 2.42. The molecule has 0 aromatic carbocycles. The Morgan fingerprint density at radius 3 is 2.57 bits per heavy atom. The van der Waals surface area contributed by atoms with Crippen LogP contribution in [0.4, 0.5) is 0 Å². The first-order valence-electron chi connectivity index (χ1n) is 4.89. The number of carbonyl (C=O) groups is 1. The summed E-state index contributed by atoms with van der Waals surface area (Å²) in [6.45, 7) is 2.99. The van der Waals surface area contributed by atoms with Crippen LogP contribution in [0, 0.1) is 0 Å². The van der Waals surface area contributed by atoms with Crippen LogP contribution in [0.2, 0.25) is 0 Å². The van der Waals surface area contributed by atoms with E-state index >= 15 is 0 Å². The molecule has 5 heteroatoms. The molecule has 1 saturated heterocycles. The van der Waals surface area contributed by atoms with Crippen LogP contribution >= 0.6 is 12.2 Å². The van der Waals surface area contributed by atoms with E-state index < -0.39 is 0 Å². The van der Waals surface area contributed by atoms with Crippen molar-refractivity contribution in [3.8, 4) is 0 Å². The van der Waals surface area contributed by atoms with Crippen molar-refractivity contribution in [3.63, 3.8) is 0 Å². The topological polar surface area (TPSA) is 72.3 Å². The number of nitrogens with zero attached hydrogens (tertiary/aromatic N) is 1. The Bertz CT molecular complexity index is 242. The minimum absolute atomic E-state index is 0.103. The normalized spacial score (nSPS) is 23.9. The third-order valence-corrected chi connectivity index (χ3v) is 2.93. The minimum atomic E-state index is -0.238. The zero-order chi connectivity index (χ0) is 10.7. The highest BCUT2D eigenvalue weighted by Crippen LogP contribution is 2.23. The van der Waals surface area contributed by atoms with Gasteiger partial charge in [0, 0.05) is 19.0 Å². The Kier molecular flexibility index (Phi) is 3.83. The average molecular weight is 215 g/mol. The van der Waals surface area contributed by atoms with Gasteiger partial charge in [0.1, 0.15) is 0 Å². The van der Waals surface area contributed by atoms with Gasteiger partial charge < -0.3 is 11.5 Å². The Morgan fingerprint density at radius 2 is 2.29 bits per heavy atom. The van der Waals surface area contributed by atoms with Crippen LogP contribution in [0.5, 0.6) is 0 Å². The summed E-state index contributed by atoms with van der Waals surface area (Å²) in [6.07, 6.45) is 2.49. The molecule has 2 unspecified atom stereocenters. The van der Waals surface area contributed by atoms with Crippen molar-refractivity contribution in [2.45, 2.75) is 38.3 Å². The van der Waals surface area contributed by atoms with Crippen molar-refractivity contribution >= 4 is 23.1 Å². The highest BCUT2D eigenvalue weighted by molar-refractivity contribution is 7.80. The van der Waals surface area contributed by atoms with Crippen LogP contribution in [0.3, 0.4) is 0 Å². The predicted molar refractivity (Wildman–Crippen MR) is 59.8 cm³/mol. The summed E-state index contributed by atoms with van der Waals surface area (Å²) in [5.41, 5.74) is 10.8. The molecule has 0 bridgehead atoms. The lowest BCUT2D eigenvalue weighted by Crippen LogP contribution is -2.59. The van der Waals surface area contributed by atoms with Crippen molar-refractivity contribution in [2.24, 2.45) is 11.5 Å². The Morgan fingerprint density at radius 1 is 1.64 bits per heavy atom.